The quantitative estimate of drug-likeness (QED) is 0.922. The molecule has 1 amide bonds. The van der Waals surface area contributed by atoms with Crippen LogP contribution in [0.25, 0.3) is 0 Å². The van der Waals surface area contributed by atoms with Gasteiger partial charge in [-0.2, -0.15) is 13.9 Å². The summed E-state index contributed by atoms with van der Waals surface area (Å²) in [7, 11) is 0. The standard InChI is InChI=1S/C15H13F2N3O2/c16-15(17)22-10-5-3-9(4-6-10)11-8-12(11)14(21)19-13-2-1-7-18-20-13/h1-7,11-12,15H,8H2,(H,19,20,21)/t11-,12+/m0/s1. The first-order chi connectivity index (χ1) is 10.6. The Bertz CT molecular complexity index is 650. The van der Waals surface area contributed by atoms with E-state index in [1.807, 2.05) is 0 Å². The minimum atomic E-state index is -2.84. The molecule has 3 rings (SSSR count). The summed E-state index contributed by atoms with van der Waals surface area (Å²) in [6, 6.07) is 9.73. The van der Waals surface area contributed by atoms with Crippen LogP contribution in [0, 0.1) is 5.92 Å². The molecule has 2 aromatic rings. The zero-order valence-corrected chi connectivity index (χ0v) is 11.4. The van der Waals surface area contributed by atoms with Gasteiger partial charge in [0.25, 0.3) is 0 Å². The fourth-order valence-electron chi connectivity index (χ4n) is 2.34. The lowest BCUT2D eigenvalue weighted by molar-refractivity contribution is -0.117. The lowest BCUT2D eigenvalue weighted by Gasteiger charge is -2.06. The number of hydrogen-bond donors (Lipinski definition) is 1. The van der Waals surface area contributed by atoms with Gasteiger partial charge in [-0.05, 0) is 42.2 Å². The molecule has 1 aliphatic carbocycles. The second kappa shape index (κ2) is 6.05. The number of ether oxygens (including phenoxy) is 1. The van der Waals surface area contributed by atoms with Crippen molar-refractivity contribution in [3.63, 3.8) is 0 Å². The normalized spacial score (nSPS) is 19.8. The van der Waals surface area contributed by atoms with E-state index in [-0.39, 0.29) is 23.5 Å². The number of carbonyl (C=O) groups excluding carboxylic acids is 1. The Labute approximate surface area is 125 Å². The number of halogens is 2. The number of hydrogen-bond acceptors (Lipinski definition) is 4. The van der Waals surface area contributed by atoms with Crippen molar-refractivity contribution in [2.24, 2.45) is 5.92 Å². The maximum atomic E-state index is 12.1. The molecule has 1 aromatic carbocycles. The van der Waals surface area contributed by atoms with E-state index in [1.54, 1.807) is 24.3 Å². The molecule has 1 heterocycles. The Kier molecular flexibility index (Phi) is 3.95. The van der Waals surface area contributed by atoms with Crippen molar-refractivity contribution in [1.29, 1.82) is 0 Å². The van der Waals surface area contributed by atoms with Gasteiger partial charge in [0.15, 0.2) is 5.82 Å². The van der Waals surface area contributed by atoms with Crippen LogP contribution in [0.2, 0.25) is 0 Å². The molecule has 1 aromatic heterocycles. The fourth-order valence-corrected chi connectivity index (χ4v) is 2.34. The summed E-state index contributed by atoms with van der Waals surface area (Å²) < 4.78 is 28.5. The Morgan fingerprint density at radius 1 is 1.27 bits per heavy atom. The van der Waals surface area contributed by atoms with Crippen LogP contribution in [0.5, 0.6) is 5.75 Å². The highest BCUT2D eigenvalue weighted by atomic mass is 19.3. The minimum Gasteiger partial charge on any atom is -0.435 e. The molecule has 2 atom stereocenters. The van der Waals surface area contributed by atoms with Gasteiger partial charge in [0.2, 0.25) is 5.91 Å². The summed E-state index contributed by atoms with van der Waals surface area (Å²) in [5.41, 5.74) is 0.931. The van der Waals surface area contributed by atoms with Crippen LogP contribution in [-0.4, -0.2) is 22.7 Å². The van der Waals surface area contributed by atoms with E-state index in [1.165, 1.54) is 18.3 Å². The molecular formula is C15H13F2N3O2. The second-order valence-electron chi connectivity index (χ2n) is 4.99. The number of rotatable bonds is 5. The predicted octanol–water partition coefficient (Wildman–Crippen LogP) is 2.82. The van der Waals surface area contributed by atoms with Crippen molar-refractivity contribution in [2.75, 3.05) is 5.32 Å². The summed E-state index contributed by atoms with van der Waals surface area (Å²) in [5.74, 6) is 0.373. The molecule has 7 heteroatoms. The van der Waals surface area contributed by atoms with Gasteiger partial charge >= 0.3 is 6.61 Å². The third-order valence-corrected chi connectivity index (χ3v) is 3.48. The lowest BCUT2D eigenvalue weighted by atomic mass is 10.1. The first kappa shape index (κ1) is 14.4. The van der Waals surface area contributed by atoms with Crippen molar-refractivity contribution in [3.8, 4) is 5.75 Å². The van der Waals surface area contributed by atoms with Crippen LogP contribution in [0.1, 0.15) is 17.9 Å². The van der Waals surface area contributed by atoms with Crippen LogP contribution in [0.4, 0.5) is 14.6 Å². The van der Waals surface area contributed by atoms with Gasteiger partial charge in [-0.15, -0.1) is 5.10 Å². The highest BCUT2D eigenvalue weighted by Gasteiger charge is 2.44. The Morgan fingerprint density at radius 2 is 2.05 bits per heavy atom. The average Bonchev–Trinajstić information content (AvgIpc) is 3.29. The first-order valence-electron chi connectivity index (χ1n) is 6.77. The Hall–Kier alpha value is -2.57. The summed E-state index contributed by atoms with van der Waals surface area (Å²) in [6.45, 7) is -2.84. The van der Waals surface area contributed by atoms with E-state index in [0.717, 1.165) is 12.0 Å². The smallest absolute Gasteiger partial charge is 0.387 e. The van der Waals surface area contributed by atoms with E-state index in [2.05, 4.69) is 20.3 Å². The van der Waals surface area contributed by atoms with Crippen LogP contribution in [0.15, 0.2) is 42.6 Å². The molecule has 0 saturated heterocycles. The monoisotopic (exact) mass is 305 g/mol. The predicted molar refractivity (Wildman–Crippen MR) is 74.6 cm³/mol. The molecule has 22 heavy (non-hydrogen) atoms. The molecule has 1 aliphatic rings. The second-order valence-corrected chi connectivity index (χ2v) is 4.99. The molecule has 0 unspecified atom stereocenters. The van der Waals surface area contributed by atoms with Crippen LogP contribution >= 0.6 is 0 Å². The molecule has 1 N–H and O–H groups in total. The lowest BCUT2D eigenvalue weighted by Crippen LogP contribution is -2.15. The highest BCUT2D eigenvalue weighted by Crippen LogP contribution is 2.48. The van der Waals surface area contributed by atoms with Gasteiger partial charge in [0.1, 0.15) is 5.75 Å². The maximum absolute atomic E-state index is 12.1. The molecule has 1 saturated carbocycles. The van der Waals surface area contributed by atoms with E-state index in [4.69, 9.17) is 0 Å². The van der Waals surface area contributed by atoms with Crippen LogP contribution < -0.4 is 10.1 Å². The number of nitrogens with one attached hydrogen (secondary N) is 1. The third kappa shape index (κ3) is 3.36. The van der Waals surface area contributed by atoms with Gasteiger partial charge in [-0.25, -0.2) is 0 Å². The molecule has 0 radical (unpaired) electrons. The summed E-state index contributed by atoms with van der Waals surface area (Å²) >= 11 is 0. The van der Waals surface area contributed by atoms with Crippen molar-refractivity contribution < 1.29 is 18.3 Å². The first-order valence-corrected chi connectivity index (χ1v) is 6.77. The highest BCUT2D eigenvalue weighted by molar-refractivity contribution is 5.94. The van der Waals surface area contributed by atoms with Crippen LogP contribution in [0.3, 0.4) is 0 Å². The van der Waals surface area contributed by atoms with Gasteiger partial charge < -0.3 is 10.1 Å². The molecule has 0 aliphatic heterocycles. The van der Waals surface area contributed by atoms with E-state index < -0.39 is 6.61 Å². The molecule has 0 spiro atoms. The van der Waals surface area contributed by atoms with E-state index in [9.17, 15) is 13.6 Å². The van der Waals surface area contributed by atoms with E-state index >= 15 is 0 Å². The number of amides is 1. The van der Waals surface area contributed by atoms with E-state index in [0.29, 0.717) is 5.82 Å². The minimum absolute atomic E-state index is 0.0947. The molecule has 1 fully saturated rings. The third-order valence-electron chi connectivity index (χ3n) is 3.48. The van der Waals surface area contributed by atoms with Gasteiger partial charge in [0, 0.05) is 12.1 Å². The summed E-state index contributed by atoms with van der Waals surface area (Å²) in [4.78, 5) is 12.1. The van der Waals surface area contributed by atoms with Crippen LogP contribution in [-0.2, 0) is 4.79 Å². The number of aromatic nitrogens is 2. The van der Waals surface area contributed by atoms with Crippen molar-refractivity contribution in [1.82, 2.24) is 10.2 Å². The maximum Gasteiger partial charge on any atom is 0.387 e. The molecule has 5 nitrogen and oxygen atoms in total. The zero-order chi connectivity index (χ0) is 15.5. The van der Waals surface area contributed by atoms with Crippen molar-refractivity contribution >= 4 is 11.7 Å². The zero-order valence-electron chi connectivity index (χ0n) is 11.4. The molecular weight excluding hydrogens is 292 g/mol. The number of benzene rings is 1. The number of carbonyl (C=O) groups is 1. The number of nitrogens with zero attached hydrogens (tertiary/aromatic N) is 2. The fraction of sp³-hybridized carbons (Fsp3) is 0.267. The number of alkyl halides is 2. The topological polar surface area (TPSA) is 64.1 Å². The SMILES string of the molecule is O=C(Nc1cccnn1)[C@@H]1C[C@H]1c1ccc(OC(F)F)cc1. The van der Waals surface area contributed by atoms with Gasteiger partial charge in [-0.3, -0.25) is 4.79 Å². The van der Waals surface area contributed by atoms with Gasteiger partial charge in [-0.1, -0.05) is 12.1 Å². The Morgan fingerprint density at radius 3 is 2.68 bits per heavy atom. The average molecular weight is 305 g/mol. The summed E-state index contributed by atoms with van der Waals surface area (Å²) in [5, 5.41) is 10.2. The number of anilines is 1. The largest absolute Gasteiger partial charge is 0.435 e. The molecule has 0 bridgehead atoms. The Balaban J connectivity index is 1.58. The van der Waals surface area contributed by atoms with Crippen molar-refractivity contribution in [3.05, 3.63) is 48.2 Å². The molecule has 114 valence electrons. The van der Waals surface area contributed by atoms with Gasteiger partial charge in [0.05, 0.1) is 0 Å². The van der Waals surface area contributed by atoms with Crippen molar-refractivity contribution in [2.45, 2.75) is 19.0 Å². The summed E-state index contributed by atoms with van der Waals surface area (Å²) in [6.07, 6.45) is 2.25.